The Morgan fingerprint density at radius 3 is 2.11 bits per heavy atom. The normalized spacial score (nSPS) is 11.7. The smallest absolute Gasteiger partial charge is 0.264 e. The van der Waals surface area contributed by atoms with Crippen molar-refractivity contribution in [2.75, 3.05) is 31.6 Å². The Labute approximate surface area is 275 Å². The van der Waals surface area contributed by atoms with E-state index in [1.165, 1.54) is 37.3 Å². The van der Waals surface area contributed by atoms with Crippen molar-refractivity contribution in [2.24, 2.45) is 0 Å². The topological polar surface area (TPSA) is 105 Å². The van der Waals surface area contributed by atoms with E-state index in [9.17, 15) is 18.0 Å². The molecule has 4 aromatic rings. The second-order valence-corrected chi connectivity index (χ2v) is 12.8. The highest BCUT2D eigenvalue weighted by Crippen LogP contribution is 2.36. The number of carbonyl (C=O) groups excluding carboxylic acids is 2. The van der Waals surface area contributed by atoms with Gasteiger partial charge in [0.1, 0.15) is 24.1 Å². The van der Waals surface area contributed by atoms with E-state index in [0.717, 1.165) is 15.4 Å². The van der Waals surface area contributed by atoms with E-state index in [1.54, 1.807) is 54.6 Å². The summed E-state index contributed by atoms with van der Waals surface area (Å²) in [5.74, 6) is -0.342. The molecule has 0 spiro atoms. The van der Waals surface area contributed by atoms with Crippen molar-refractivity contribution in [1.82, 2.24) is 10.2 Å². The molecular formula is C35H38ClN3O6S. The van der Waals surface area contributed by atoms with Crippen molar-refractivity contribution in [1.29, 1.82) is 0 Å². The number of nitrogens with one attached hydrogen (secondary N) is 1. The van der Waals surface area contributed by atoms with Gasteiger partial charge in [-0.3, -0.25) is 13.9 Å². The van der Waals surface area contributed by atoms with Crippen LogP contribution in [-0.2, 0) is 32.6 Å². The molecule has 0 aromatic heterocycles. The minimum absolute atomic E-state index is 0.0153. The molecule has 0 fully saturated rings. The minimum Gasteiger partial charge on any atom is -0.497 e. The second-order valence-electron chi connectivity index (χ2n) is 10.5. The Morgan fingerprint density at radius 2 is 1.50 bits per heavy atom. The molecule has 242 valence electrons. The number of carbonyl (C=O) groups is 2. The number of ether oxygens (including phenoxy) is 2. The van der Waals surface area contributed by atoms with Gasteiger partial charge in [0.15, 0.2) is 0 Å². The maximum absolute atomic E-state index is 14.6. The third-order valence-electron chi connectivity index (χ3n) is 7.35. The molecule has 0 unspecified atom stereocenters. The van der Waals surface area contributed by atoms with Crippen molar-refractivity contribution in [2.45, 2.75) is 37.2 Å². The van der Waals surface area contributed by atoms with Crippen molar-refractivity contribution in [3.63, 3.8) is 0 Å². The Bertz CT molecular complexity index is 1700. The number of hydrogen-bond acceptors (Lipinski definition) is 6. The fourth-order valence-corrected chi connectivity index (χ4v) is 6.49. The maximum Gasteiger partial charge on any atom is 0.264 e. The van der Waals surface area contributed by atoms with E-state index in [4.69, 9.17) is 21.1 Å². The lowest BCUT2D eigenvalue weighted by molar-refractivity contribution is -0.140. The van der Waals surface area contributed by atoms with E-state index in [0.29, 0.717) is 23.7 Å². The molecule has 1 N–H and O–H groups in total. The standard InChI is InChI=1S/C35H38ClN3O6S/c1-4-21-37-35(41)32(22-26-11-7-5-8-12-26)38(24-27-15-17-28(36)18-16-27)34(40)25-39(46(42,43)30-13-9-6-10-14-30)31-23-29(44-2)19-20-33(31)45-3/h5-20,23,32H,4,21-22,24-25H2,1-3H3,(H,37,41)/t32-/m0/s1. The van der Waals surface area contributed by atoms with Gasteiger partial charge < -0.3 is 19.7 Å². The summed E-state index contributed by atoms with van der Waals surface area (Å²) >= 11 is 6.15. The molecule has 0 aliphatic heterocycles. The SMILES string of the molecule is CCCNC(=O)[C@H](Cc1ccccc1)N(Cc1ccc(Cl)cc1)C(=O)CN(c1cc(OC)ccc1OC)S(=O)(=O)c1ccccc1. The first-order chi connectivity index (χ1) is 22.2. The van der Waals surface area contributed by atoms with Crippen LogP contribution in [0.3, 0.4) is 0 Å². The van der Waals surface area contributed by atoms with Gasteiger partial charge in [0, 0.05) is 30.6 Å². The zero-order chi connectivity index (χ0) is 33.1. The summed E-state index contributed by atoms with van der Waals surface area (Å²) in [6, 6.07) is 27.9. The molecular weight excluding hydrogens is 626 g/mol. The summed E-state index contributed by atoms with van der Waals surface area (Å²) < 4.78 is 40.5. The summed E-state index contributed by atoms with van der Waals surface area (Å²) in [7, 11) is -1.43. The fraction of sp³-hybridized carbons (Fsp3) is 0.257. The van der Waals surface area contributed by atoms with Crippen LogP contribution in [0.2, 0.25) is 5.02 Å². The van der Waals surface area contributed by atoms with Crippen LogP contribution < -0.4 is 19.1 Å². The number of amides is 2. The lowest BCUT2D eigenvalue weighted by atomic mass is 10.0. The summed E-state index contributed by atoms with van der Waals surface area (Å²) in [5, 5.41) is 3.46. The van der Waals surface area contributed by atoms with Crippen molar-refractivity contribution < 1.29 is 27.5 Å². The molecule has 9 nitrogen and oxygen atoms in total. The molecule has 4 rings (SSSR count). The average Bonchev–Trinajstić information content (AvgIpc) is 3.08. The number of rotatable bonds is 15. The molecule has 0 bridgehead atoms. The molecule has 0 heterocycles. The van der Waals surface area contributed by atoms with Crippen molar-refractivity contribution >= 4 is 39.1 Å². The van der Waals surface area contributed by atoms with Gasteiger partial charge >= 0.3 is 0 Å². The lowest BCUT2D eigenvalue weighted by Gasteiger charge is -2.34. The third-order valence-corrected chi connectivity index (χ3v) is 9.38. The number of benzene rings is 4. The van der Waals surface area contributed by atoms with Gasteiger partial charge in [-0.1, -0.05) is 79.2 Å². The first-order valence-electron chi connectivity index (χ1n) is 14.8. The van der Waals surface area contributed by atoms with E-state index >= 15 is 0 Å². The van der Waals surface area contributed by atoms with Gasteiger partial charge in [0.05, 0.1) is 24.8 Å². The monoisotopic (exact) mass is 663 g/mol. The van der Waals surface area contributed by atoms with Crippen LogP contribution in [0.5, 0.6) is 11.5 Å². The van der Waals surface area contributed by atoms with Crippen LogP contribution >= 0.6 is 11.6 Å². The van der Waals surface area contributed by atoms with Crippen LogP contribution in [0.1, 0.15) is 24.5 Å². The number of hydrogen-bond donors (Lipinski definition) is 1. The molecule has 0 aliphatic carbocycles. The molecule has 4 aromatic carbocycles. The van der Waals surface area contributed by atoms with Gasteiger partial charge in [-0.05, 0) is 53.9 Å². The van der Waals surface area contributed by atoms with Gasteiger partial charge in [-0.25, -0.2) is 8.42 Å². The summed E-state index contributed by atoms with van der Waals surface area (Å²) in [6.07, 6.45) is 0.914. The number of anilines is 1. The van der Waals surface area contributed by atoms with Crippen LogP contribution in [0, 0.1) is 0 Å². The van der Waals surface area contributed by atoms with E-state index in [-0.39, 0.29) is 35.2 Å². The Hall–Kier alpha value is -4.54. The molecule has 0 saturated heterocycles. The highest BCUT2D eigenvalue weighted by molar-refractivity contribution is 7.92. The first-order valence-corrected chi connectivity index (χ1v) is 16.6. The van der Waals surface area contributed by atoms with Gasteiger partial charge in [-0.15, -0.1) is 0 Å². The number of methoxy groups -OCH3 is 2. The molecule has 11 heteroatoms. The van der Waals surface area contributed by atoms with Gasteiger partial charge in [0.25, 0.3) is 10.0 Å². The van der Waals surface area contributed by atoms with Gasteiger partial charge in [-0.2, -0.15) is 0 Å². The lowest BCUT2D eigenvalue weighted by Crippen LogP contribution is -2.53. The van der Waals surface area contributed by atoms with Crippen LogP contribution in [0.4, 0.5) is 5.69 Å². The quantitative estimate of drug-likeness (QED) is 0.175. The highest BCUT2D eigenvalue weighted by Gasteiger charge is 2.35. The summed E-state index contributed by atoms with van der Waals surface area (Å²) in [4.78, 5) is 29.8. The zero-order valence-electron chi connectivity index (χ0n) is 26.1. The second kappa shape index (κ2) is 16.1. The Kier molecular flexibility index (Phi) is 12.1. The van der Waals surface area contributed by atoms with E-state index in [1.807, 2.05) is 37.3 Å². The van der Waals surface area contributed by atoms with E-state index < -0.39 is 28.5 Å². The Morgan fingerprint density at radius 1 is 0.848 bits per heavy atom. The predicted molar refractivity (Wildman–Crippen MR) is 180 cm³/mol. The molecule has 0 aliphatic rings. The van der Waals surface area contributed by atoms with Crippen molar-refractivity contribution in [3.05, 3.63) is 119 Å². The number of halogens is 1. The largest absolute Gasteiger partial charge is 0.497 e. The van der Waals surface area contributed by atoms with Crippen molar-refractivity contribution in [3.8, 4) is 11.5 Å². The number of sulfonamides is 1. The molecule has 1 atom stereocenters. The third kappa shape index (κ3) is 8.58. The predicted octanol–water partition coefficient (Wildman–Crippen LogP) is 5.72. The number of nitrogens with zero attached hydrogens (tertiary/aromatic N) is 2. The van der Waals surface area contributed by atoms with Crippen LogP contribution in [-0.4, -0.2) is 58.5 Å². The first kappa shape index (κ1) is 34.3. The van der Waals surface area contributed by atoms with Crippen LogP contribution in [0.25, 0.3) is 0 Å². The van der Waals surface area contributed by atoms with E-state index in [2.05, 4.69) is 5.32 Å². The molecule has 46 heavy (non-hydrogen) atoms. The molecule has 2 amide bonds. The Balaban J connectivity index is 1.84. The highest BCUT2D eigenvalue weighted by atomic mass is 35.5. The fourth-order valence-electron chi connectivity index (χ4n) is 4.93. The minimum atomic E-state index is -4.31. The molecule has 0 saturated carbocycles. The summed E-state index contributed by atoms with van der Waals surface area (Å²) in [6.45, 7) is 1.77. The average molecular weight is 664 g/mol. The van der Waals surface area contributed by atoms with Crippen LogP contribution in [0.15, 0.2) is 108 Å². The summed E-state index contributed by atoms with van der Waals surface area (Å²) in [5.41, 5.74) is 1.67. The maximum atomic E-state index is 14.6. The zero-order valence-corrected chi connectivity index (χ0v) is 27.6. The molecule has 0 radical (unpaired) electrons. The van der Waals surface area contributed by atoms with Gasteiger partial charge in [0.2, 0.25) is 11.8 Å².